The zero-order chi connectivity index (χ0) is 15.2. The summed E-state index contributed by atoms with van der Waals surface area (Å²) in [6, 6.07) is 6.86. The molecule has 1 aromatic carbocycles. The van der Waals surface area contributed by atoms with Gasteiger partial charge in [0.1, 0.15) is 18.6 Å². The number of benzene rings is 1. The van der Waals surface area contributed by atoms with E-state index < -0.39 is 0 Å². The molecule has 110 valence electrons. The van der Waals surface area contributed by atoms with Crippen LogP contribution in [0.4, 0.5) is 5.69 Å². The summed E-state index contributed by atoms with van der Waals surface area (Å²) in [4.78, 5) is 16.8. The second-order valence-electron chi connectivity index (χ2n) is 4.22. The van der Waals surface area contributed by atoms with E-state index in [2.05, 4.69) is 15.3 Å². The Morgan fingerprint density at radius 3 is 2.76 bits per heavy atom. The first-order valence-corrected chi connectivity index (χ1v) is 6.25. The molecule has 6 heteroatoms. The summed E-state index contributed by atoms with van der Waals surface area (Å²) in [7, 11) is 3.02. The largest absolute Gasteiger partial charge is 0.496 e. The molecule has 0 bridgehead atoms. The molecule has 21 heavy (non-hydrogen) atoms. The van der Waals surface area contributed by atoms with E-state index in [9.17, 15) is 4.79 Å². The molecular formula is C15H16N2O4. The minimum atomic E-state index is -0.235. The molecule has 0 radical (unpaired) electrons. The lowest BCUT2D eigenvalue weighted by atomic mass is 10.1. The summed E-state index contributed by atoms with van der Waals surface area (Å²) in [5.41, 5.74) is 1.82. The van der Waals surface area contributed by atoms with Gasteiger partial charge in [-0.15, -0.1) is 0 Å². The van der Waals surface area contributed by atoms with E-state index in [-0.39, 0.29) is 5.91 Å². The Balaban J connectivity index is 2.23. The van der Waals surface area contributed by atoms with Crippen LogP contribution in [-0.2, 0) is 4.84 Å². The van der Waals surface area contributed by atoms with Crippen molar-refractivity contribution < 1.29 is 18.8 Å². The maximum atomic E-state index is 12.1. The van der Waals surface area contributed by atoms with Gasteiger partial charge in [-0.2, -0.15) is 0 Å². The number of anilines is 1. The number of carbonyl (C=O) groups is 1. The quantitative estimate of drug-likeness (QED) is 0.678. The molecule has 2 rings (SSSR count). The van der Waals surface area contributed by atoms with E-state index in [1.54, 1.807) is 38.3 Å². The minimum absolute atomic E-state index is 0.235. The standard InChI is InChI=1S/C15H16N2O4/c1-10-13(6-7-21-10)15(18)17-12-4-5-14(19-2)11(8-12)9-16-20-3/h4-9H,1-3H3,(H,17,18)/b16-9+. The van der Waals surface area contributed by atoms with Crippen molar-refractivity contribution in [3.63, 3.8) is 0 Å². The molecule has 0 aliphatic carbocycles. The first-order chi connectivity index (χ1) is 10.2. The molecule has 0 saturated carbocycles. The van der Waals surface area contributed by atoms with Crippen molar-refractivity contribution in [2.45, 2.75) is 6.92 Å². The van der Waals surface area contributed by atoms with Crippen molar-refractivity contribution in [2.75, 3.05) is 19.5 Å². The maximum absolute atomic E-state index is 12.1. The Kier molecular flexibility index (Phi) is 4.61. The number of aryl methyl sites for hydroxylation is 1. The molecular weight excluding hydrogens is 272 g/mol. The third kappa shape index (κ3) is 3.42. The number of furan rings is 1. The topological polar surface area (TPSA) is 73.1 Å². The Morgan fingerprint density at radius 1 is 1.33 bits per heavy atom. The monoisotopic (exact) mass is 288 g/mol. The fourth-order valence-corrected chi connectivity index (χ4v) is 1.84. The number of ether oxygens (including phenoxy) is 1. The van der Waals surface area contributed by atoms with Gasteiger partial charge in [0.15, 0.2) is 0 Å². The molecule has 1 N–H and O–H groups in total. The number of methoxy groups -OCH3 is 1. The fraction of sp³-hybridized carbons (Fsp3) is 0.200. The van der Waals surface area contributed by atoms with Crippen molar-refractivity contribution in [3.05, 3.63) is 47.4 Å². The van der Waals surface area contributed by atoms with Gasteiger partial charge in [-0.05, 0) is 31.2 Å². The number of carbonyl (C=O) groups excluding carboxylic acids is 1. The van der Waals surface area contributed by atoms with E-state index >= 15 is 0 Å². The summed E-state index contributed by atoms with van der Waals surface area (Å²) in [6.45, 7) is 1.74. The zero-order valence-corrected chi connectivity index (χ0v) is 12.0. The van der Waals surface area contributed by atoms with Crippen molar-refractivity contribution in [1.82, 2.24) is 0 Å². The van der Waals surface area contributed by atoms with Crippen LogP contribution in [0.2, 0.25) is 0 Å². The zero-order valence-electron chi connectivity index (χ0n) is 12.0. The number of nitrogens with one attached hydrogen (secondary N) is 1. The van der Waals surface area contributed by atoms with E-state index in [0.717, 1.165) is 0 Å². The van der Waals surface area contributed by atoms with Gasteiger partial charge in [0, 0.05) is 11.3 Å². The molecule has 0 aliphatic heterocycles. The van der Waals surface area contributed by atoms with Gasteiger partial charge in [-0.1, -0.05) is 5.16 Å². The fourth-order valence-electron chi connectivity index (χ4n) is 1.84. The van der Waals surface area contributed by atoms with Crippen LogP contribution in [0.5, 0.6) is 5.75 Å². The highest BCUT2D eigenvalue weighted by Gasteiger charge is 2.12. The van der Waals surface area contributed by atoms with Crippen LogP contribution >= 0.6 is 0 Å². The minimum Gasteiger partial charge on any atom is -0.496 e. The number of amides is 1. The van der Waals surface area contributed by atoms with Gasteiger partial charge >= 0.3 is 0 Å². The lowest BCUT2D eigenvalue weighted by molar-refractivity contribution is 0.102. The molecule has 1 aromatic heterocycles. The molecule has 0 atom stereocenters. The molecule has 6 nitrogen and oxygen atoms in total. The van der Waals surface area contributed by atoms with Crippen molar-refractivity contribution >= 4 is 17.8 Å². The number of oxime groups is 1. The Morgan fingerprint density at radius 2 is 2.14 bits per heavy atom. The molecule has 0 saturated heterocycles. The molecule has 0 spiro atoms. The van der Waals surface area contributed by atoms with Gasteiger partial charge in [0.05, 0.1) is 25.2 Å². The summed E-state index contributed by atoms with van der Waals surface area (Å²) in [5.74, 6) is 0.969. The number of nitrogens with zero attached hydrogens (tertiary/aromatic N) is 1. The van der Waals surface area contributed by atoms with Crippen molar-refractivity contribution in [2.24, 2.45) is 5.16 Å². The highest BCUT2D eigenvalue weighted by molar-refractivity contribution is 6.05. The van der Waals surface area contributed by atoms with E-state index in [1.165, 1.54) is 19.6 Å². The number of rotatable bonds is 5. The van der Waals surface area contributed by atoms with Gasteiger partial charge < -0.3 is 19.3 Å². The van der Waals surface area contributed by atoms with Crippen LogP contribution in [0.25, 0.3) is 0 Å². The average molecular weight is 288 g/mol. The lowest BCUT2D eigenvalue weighted by Gasteiger charge is -2.08. The van der Waals surface area contributed by atoms with E-state index in [0.29, 0.717) is 28.3 Å². The Hall–Kier alpha value is -2.76. The highest BCUT2D eigenvalue weighted by Crippen LogP contribution is 2.22. The van der Waals surface area contributed by atoms with Crippen LogP contribution < -0.4 is 10.1 Å². The van der Waals surface area contributed by atoms with Crippen LogP contribution in [-0.4, -0.2) is 26.3 Å². The summed E-state index contributed by atoms with van der Waals surface area (Å²) >= 11 is 0. The number of hydrogen-bond donors (Lipinski definition) is 1. The predicted molar refractivity (Wildman–Crippen MR) is 79.0 cm³/mol. The molecule has 1 heterocycles. The predicted octanol–water partition coefficient (Wildman–Crippen LogP) is 2.83. The van der Waals surface area contributed by atoms with Crippen LogP contribution in [0, 0.1) is 6.92 Å². The second kappa shape index (κ2) is 6.60. The van der Waals surface area contributed by atoms with Crippen molar-refractivity contribution in [3.8, 4) is 5.75 Å². The van der Waals surface area contributed by atoms with Crippen molar-refractivity contribution in [1.29, 1.82) is 0 Å². The Labute approximate surface area is 122 Å². The first kappa shape index (κ1) is 14.6. The smallest absolute Gasteiger partial charge is 0.259 e. The van der Waals surface area contributed by atoms with Gasteiger partial charge in [-0.3, -0.25) is 4.79 Å². The van der Waals surface area contributed by atoms with E-state index in [1.807, 2.05) is 0 Å². The molecule has 1 amide bonds. The van der Waals surface area contributed by atoms with Crippen LogP contribution in [0.1, 0.15) is 21.7 Å². The summed E-state index contributed by atoms with van der Waals surface area (Å²) < 4.78 is 10.3. The summed E-state index contributed by atoms with van der Waals surface area (Å²) in [5, 5.41) is 6.50. The molecule has 0 unspecified atom stereocenters. The molecule has 2 aromatic rings. The maximum Gasteiger partial charge on any atom is 0.259 e. The normalized spacial score (nSPS) is 10.6. The summed E-state index contributed by atoms with van der Waals surface area (Å²) in [6.07, 6.45) is 2.99. The van der Waals surface area contributed by atoms with Gasteiger partial charge in [0.2, 0.25) is 0 Å². The lowest BCUT2D eigenvalue weighted by Crippen LogP contribution is -2.12. The third-order valence-electron chi connectivity index (χ3n) is 2.89. The van der Waals surface area contributed by atoms with Crippen LogP contribution in [0.15, 0.2) is 40.1 Å². The Bertz CT molecular complexity index is 661. The molecule has 0 fully saturated rings. The van der Waals surface area contributed by atoms with E-state index in [4.69, 9.17) is 9.15 Å². The third-order valence-corrected chi connectivity index (χ3v) is 2.89. The average Bonchev–Trinajstić information content (AvgIpc) is 2.91. The molecule has 0 aliphatic rings. The SMILES string of the molecule is CO/N=C/c1cc(NC(=O)c2ccoc2C)ccc1OC. The number of hydrogen-bond acceptors (Lipinski definition) is 5. The second-order valence-corrected chi connectivity index (χ2v) is 4.22. The van der Waals surface area contributed by atoms with Gasteiger partial charge in [-0.25, -0.2) is 0 Å². The van der Waals surface area contributed by atoms with Crippen LogP contribution in [0.3, 0.4) is 0 Å². The highest BCUT2D eigenvalue weighted by atomic mass is 16.6. The first-order valence-electron chi connectivity index (χ1n) is 6.25. The van der Waals surface area contributed by atoms with Gasteiger partial charge in [0.25, 0.3) is 5.91 Å².